The van der Waals surface area contributed by atoms with Crippen molar-refractivity contribution in [2.24, 2.45) is 5.92 Å². The Morgan fingerprint density at radius 3 is 2.26 bits per heavy atom. The molecule has 3 heterocycles. The van der Waals surface area contributed by atoms with Crippen LogP contribution in [0.2, 0.25) is 0 Å². The third-order valence-corrected chi connectivity index (χ3v) is 5.84. The molecule has 0 aromatic heterocycles. The summed E-state index contributed by atoms with van der Waals surface area (Å²) >= 11 is 0. The van der Waals surface area contributed by atoms with Gasteiger partial charge in [-0.15, -0.1) is 0 Å². The molecule has 0 aliphatic carbocycles. The van der Waals surface area contributed by atoms with Crippen LogP contribution < -0.4 is 5.32 Å². The van der Waals surface area contributed by atoms with Crippen molar-refractivity contribution < 1.29 is 0 Å². The number of rotatable bonds is 4. The van der Waals surface area contributed by atoms with Crippen molar-refractivity contribution in [3.05, 3.63) is 0 Å². The summed E-state index contributed by atoms with van der Waals surface area (Å²) < 4.78 is 0. The summed E-state index contributed by atoms with van der Waals surface area (Å²) in [5, 5.41) is 3.83. The van der Waals surface area contributed by atoms with Gasteiger partial charge in [-0.25, -0.2) is 0 Å². The maximum atomic E-state index is 3.83. The molecule has 2 unspecified atom stereocenters. The highest BCUT2D eigenvalue weighted by Gasteiger charge is 2.37. The van der Waals surface area contributed by atoms with Crippen LogP contribution >= 0.6 is 0 Å². The average molecular weight is 265 g/mol. The number of likely N-dealkylation sites (tertiary alicyclic amines) is 1. The van der Waals surface area contributed by atoms with Crippen LogP contribution in [0.15, 0.2) is 0 Å². The molecule has 1 N–H and O–H groups in total. The fourth-order valence-corrected chi connectivity index (χ4v) is 4.29. The van der Waals surface area contributed by atoms with Crippen LogP contribution in [0.1, 0.15) is 45.4 Å². The van der Waals surface area contributed by atoms with Crippen molar-refractivity contribution >= 4 is 0 Å². The monoisotopic (exact) mass is 265 g/mol. The summed E-state index contributed by atoms with van der Waals surface area (Å²) in [6.07, 6.45) is 8.43. The smallest absolute Gasteiger partial charge is 0.0111 e. The Balaban J connectivity index is 1.35. The van der Waals surface area contributed by atoms with E-state index in [-0.39, 0.29) is 0 Å². The molecule has 3 fully saturated rings. The van der Waals surface area contributed by atoms with Crippen molar-refractivity contribution in [3.63, 3.8) is 0 Å². The van der Waals surface area contributed by atoms with E-state index in [0.29, 0.717) is 0 Å². The highest BCUT2D eigenvalue weighted by molar-refractivity contribution is 4.95. The lowest BCUT2D eigenvalue weighted by atomic mass is 9.98. The molecular formula is C16H31N3. The number of nitrogens with zero attached hydrogens (tertiary/aromatic N) is 2. The normalized spacial score (nSPS) is 37.9. The van der Waals surface area contributed by atoms with E-state index in [1.807, 2.05) is 0 Å². The Labute approximate surface area is 118 Å². The molecule has 0 amide bonds. The zero-order chi connectivity index (χ0) is 13.2. The topological polar surface area (TPSA) is 18.5 Å². The van der Waals surface area contributed by atoms with E-state index in [0.717, 1.165) is 24.0 Å². The summed E-state index contributed by atoms with van der Waals surface area (Å²) in [6.45, 7) is 7.49. The third kappa shape index (κ3) is 3.32. The lowest BCUT2D eigenvalue weighted by Crippen LogP contribution is -2.48. The van der Waals surface area contributed by atoms with Gasteiger partial charge in [0.25, 0.3) is 0 Å². The molecule has 19 heavy (non-hydrogen) atoms. The van der Waals surface area contributed by atoms with Gasteiger partial charge in [-0.1, -0.05) is 6.92 Å². The van der Waals surface area contributed by atoms with Crippen molar-refractivity contribution in [2.45, 2.75) is 63.6 Å². The fraction of sp³-hybridized carbons (Fsp3) is 1.00. The van der Waals surface area contributed by atoms with Crippen molar-refractivity contribution in [1.82, 2.24) is 15.1 Å². The van der Waals surface area contributed by atoms with Gasteiger partial charge in [0, 0.05) is 31.2 Å². The zero-order valence-corrected chi connectivity index (χ0v) is 12.8. The summed E-state index contributed by atoms with van der Waals surface area (Å²) in [5.41, 5.74) is 0. The number of nitrogens with one attached hydrogen (secondary N) is 1. The van der Waals surface area contributed by atoms with Crippen LogP contribution in [-0.2, 0) is 0 Å². The third-order valence-electron chi connectivity index (χ3n) is 5.84. The first-order chi connectivity index (χ1) is 9.22. The van der Waals surface area contributed by atoms with E-state index in [1.165, 1.54) is 64.7 Å². The predicted molar refractivity (Wildman–Crippen MR) is 80.4 cm³/mol. The van der Waals surface area contributed by atoms with Crippen molar-refractivity contribution in [1.29, 1.82) is 0 Å². The maximum Gasteiger partial charge on any atom is 0.0111 e. The largest absolute Gasteiger partial charge is 0.313 e. The van der Waals surface area contributed by atoms with Gasteiger partial charge in [-0.3, -0.25) is 0 Å². The molecule has 3 nitrogen and oxygen atoms in total. The Morgan fingerprint density at radius 1 is 1.00 bits per heavy atom. The van der Waals surface area contributed by atoms with Gasteiger partial charge in [0.1, 0.15) is 0 Å². The highest BCUT2D eigenvalue weighted by Crippen LogP contribution is 2.34. The minimum absolute atomic E-state index is 0.789. The van der Waals surface area contributed by atoms with Gasteiger partial charge >= 0.3 is 0 Å². The lowest BCUT2D eigenvalue weighted by Gasteiger charge is -2.37. The number of piperidine rings is 2. The van der Waals surface area contributed by atoms with Gasteiger partial charge in [-0.05, 0) is 64.6 Å². The molecule has 0 aromatic carbocycles. The molecule has 3 saturated heterocycles. The van der Waals surface area contributed by atoms with Crippen LogP contribution in [-0.4, -0.2) is 61.2 Å². The summed E-state index contributed by atoms with van der Waals surface area (Å²) in [7, 11) is 2.33. The molecule has 2 bridgehead atoms. The Bertz CT molecular complexity index is 272. The summed E-state index contributed by atoms with van der Waals surface area (Å²) in [5.74, 6) is 0.953. The predicted octanol–water partition coefficient (Wildman–Crippen LogP) is 1.93. The van der Waals surface area contributed by atoms with Gasteiger partial charge in [0.2, 0.25) is 0 Å². The molecule has 3 aliphatic heterocycles. The lowest BCUT2D eigenvalue weighted by molar-refractivity contribution is 0.142. The Hall–Kier alpha value is -0.120. The molecule has 0 radical (unpaired) electrons. The minimum Gasteiger partial charge on any atom is -0.313 e. The molecule has 2 atom stereocenters. The first-order valence-electron chi connectivity index (χ1n) is 8.40. The maximum absolute atomic E-state index is 3.83. The Kier molecular flexibility index (Phi) is 4.45. The van der Waals surface area contributed by atoms with Gasteiger partial charge < -0.3 is 15.1 Å². The number of hydrogen-bond donors (Lipinski definition) is 1. The molecule has 3 rings (SSSR count). The van der Waals surface area contributed by atoms with Crippen LogP contribution in [0.25, 0.3) is 0 Å². The first kappa shape index (κ1) is 13.8. The van der Waals surface area contributed by atoms with E-state index in [2.05, 4.69) is 29.1 Å². The second kappa shape index (κ2) is 6.11. The van der Waals surface area contributed by atoms with Crippen LogP contribution in [0.4, 0.5) is 0 Å². The number of hydrogen-bond acceptors (Lipinski definition) is 3. The quantitative estimate of drug-likeness (QED) is 0.838. The van der Waals surface area contributed by atoms with E-state index in [9.17, 15) is 0 Å². The molecule has 3 heteroatoms. The second-order valence-electron chi connectivity index (χ2n) is 7.20. The van der Waals surface area contributed by atoms with E-state index < -0.39 is 0 Å². The second-order valence-corrected chi connectivity index (χ2v) is 7.20. The summed E-state index contributed by atoms with van der Waals surface area (Å²) in [6, 6.07) is 2.52. The average Bonchev–Trinajstić information content (AvgIpc) is 2.64. The molecule has 3 aliphatic rings. The van der Waals surface area contributed by atoms with E-state index in [4.69, 9.17) is 0 Å². The van der Waals surface area contributed by atoms with E-state index in [1.54, 1.807) is 0 Å². The Morgan fingerprint density at radius 2 is 1.63 bits per heavy atom. The standard InChI is InChI=1S/C16H31N3/c1-13-5-8-19(9-6-13)10-7-17-14-11-15-3-4-16(12-14)18(15)2/h13-17H,3-12H2,1-2H3. The fourth-order valence-electron chi connectivity index (χ4n) is 4.29. The van der Waals surface area contributed by atoms with Gasteiger partial charge in [0.05, 0.1) is 0 Å². The van der Waals surface area contributed by atoms with Gasteiger partial charge in [-0.2, -0.15) is 0 Å². The molecule has 0 aromatic rings. The molecule has 0 spiro atoms. The highest BCUT2D eigenvalue weighted by atomic mass is 15.2. The van der Waals surface area contributed by atoms with Gasteiger partial charge in [0.15, 0.2) is 0 Å². The van der Waals surface area contributed by atoms with Crippen LogP contribution in [0, 0.1) is 5.92 Å². The van der Waals surface area contributed by atoms with E-state index >= 15 is 0 Å². The number of fused-ring (bicyclic) bond motifs is 2. The zero-order valence-electron chi connectivity index (χ0n) is 12.8. The molecule has 0 saturated carbocycles. The minimum atomic E-state index is 0.789. The van der Waals surface area contributed by atoms with Crippen LogP contribution in [0.3, 0.4) is 0 Å². The van der Waals surface area contributed by atoms with Crippen LogP contribution in [0.5, 0.6) is 0 Å². The molecular weight excluding hydrogens is 234 g/mol. The SMILES string of the molecule is CC1CCN(CCNC2CC3CCC(C2)N3C)CC1. The first-order valence-corrected chi connectivity index (χ1v) is 8.40. The summed E-state index contributed by atoms with van der Waals surface area (Å²) in [4.78, 5) is 5.28. The van der Waals surface area contributed by atoms with Crippen molar-refractivity contribution in [3.8, 4) is 0 Å². The van der Waals surface area contributed by atoms with Crippen molar-refractivity contribution in [2.75, 3.05) is 33.2 Å². The molecule has 110 valence electrons.